The number of hydrogen-bond acceptors (Lipinski definition) is 4. The van der Waals surface area contributed by atoms with E-state index in [0.717, 1.165) is 12.1 Å². The fraction of sp³-hybridized carbons (Fsp3) is 0.545. The SMILES string of the molecule is CCCOc1ccc(CNC(=NC)NCc2ccn(C3CCCC3)n2)c(OC(F)F)c1.I. The summed E-state index contributed by atoms with van der Waals surface area (Å²) in [5.74, 6) is 1.13. The first-order valence-electron chi connectivity index (χ1n) is 10.8. The average molecular weight is 563 g/mol. The van der Waals surface area contributed by atoms with Gasteiger partial charge in [-0.25, -0.2) is 0 Å². The van der Waals surface area contributed by atoms with E-state index in [2.05, 4.69) is 30.1 Å². The van der Waals surface area contributed by atoms with Crippen molar-refractivity contribution in [3.8, 4) is 11.5 Å². The lowest BCUT2D eigenvalue weighted by Crippen LogP contribution is -2.36. The highest BCUT2D eigenvalue weighted by atomic mass is 127. The van der Waals surface area contributed by atoms with Crippen LogP contribution in [0, 0.1) is 0 Å². The third-order valence-corrected chi connectivity index (χ3v) is 5.20. The summed E-state index contributed by atoms with van der Waals surface area (Å²) in [6, 6.07) is 7.46. The van der Waals surface area contributed by atoms with Gasteiger partial charge in [0, 0.05) is 31.4 Å². The monoisotopic (exact) mass is 563 g/mol. The number of alkyl halides is 2. The molecule has 0 aliphatic heterocycles. The minimum Gasteiger partial charge on any atom is -0.493 e. The number of nitrogens with one attached hydrogen (secondary N) is 2. The van der Waals surface area contributed by atoms with Crippen LogP contribution < -0.4 is 20.1 Å². The van der Waals surface area contributed by atoms with E-state index in [-0.39, 0.29) is 36.3 Å². The van der Waals surface area contributed by atoms with Crippen LogP contribution in [0.4, 0.5) is 8.78 Å². The Morgan fingerprint density at radius 2 is 1.97 bits per heavy atom. The summed E-state index contributed by atoms with van der Waals surface area (Å²) in [6.45, 7) is 0.369. The van der Waals surface area contributed by atoms with Gasteiger partial charge in [0.1, 0.15) is 11.5 Å². The molecule has 1 heterocycles. The molecule has 10 heteroatoms. The Hall–Kier alpha value is -2.11. The molecule has 3 rings (SSSR count). The van der Waals surface area contributed by atoms with E-state index in [1.54, 1.807) is 19.2 Å². The number of halogens is 3. The molecule has 1 aromatic carbocycles. The molecule has 0 spiro atoms. The minimum absolute atomic E-state index is 0. The van der Waals surface area contributed by atoms with Gasteiger partial charge >= 0.3 is 6.61 Å². The zero-order chi connectivity index (χ0) is 22.1. The van der Waals surface area contributed by atoms with Gasteiger partial charge in [-0.05, 0) is 37.5 Å². The van der Waals surface area contributed by atoms with Gasteiger partial charge in [0.15, 0.2) is 5.96 Å². The molecule has 2 N–H and O–H groups in total. The Labute approximate surface area is 205 Å². The highest BCUT2D eigenvalue weighted by Crippen LogP contribution is 2.29. The second-order valence-corrected chi connectivity index (χ2v) is 7.50. The highest BCUT2D eigenvalue weighted by Gasteiger charge is 2.17. The Bertz CT molecular complexity index is 857. The van der Waals surface area contributed by atoms with Crippen molar-refractivity contribution >= 4 is 29.9 Å². The van der Waals surface area contributed by atoms with E-state index in [4.69, 9.17) is 4.74 Å². The van der Waals surface area contributed by atoms with Crippen molar-refractivity contribution in [2.24, 2.45) is 4.99 Å². The van der Waals surface area contributed by atoms with E-state index < -0.39 is 6.61 Å². The van der Waals surface area contributed by atoms with Crippen LogP contribution in [-0.4, -0.2) is 36.0 Å². The maximum Gasteiger partial charge on any atom is 0.387 e. The summed E-state index contributed by atoms with van der Waals surface area (Å²) in [5, 5.41) is 11.0. The lowest BCUT2D eigenvalue weighted by Gasteiger charge is -2.15. The molecule has 2 aromatic rings. The lowest BCUT2D eigenvalue weighted by molar-refractivity contribution is -0.0505. The second-order valence-electron chi connectivity index (χ2n) is 7.50. The van der Waals surface area contributed by atoms with Crippen molar-refractivity contribution in [1.29, 1.82) is 0 Å². The number of guanidine groups is 1. The first kappa shape index (κ1) is 26.1. The van der Waals surface area contributed by atoms with Crippen molar-refractivity contribution in [1.82, 2.24) is 20.4 Å². The summed E-state index contributed by atoms with van der Waals surface area (Å²) in [6.07, 6.45) is 7.75. The molecule has 1 aliphatic carbocycles. The van der Waals surface area contributed by atoms with Gasteiger partial charge in [-0.2, -0.15) is 13.9 Å². The standard InChI is InChI=1S/C22H31F2N5O2.HI/c1-3-12-30-19-9-8-16(20(13-19)31-21(23)24)14-26-22(25-2)27-15-17-10-11-29(28-17)18-6-4-5-7-18;/h8-11,13,18,21H,3-7,12,14-15H2,1-2H3,(H2,25,26,27);1H. The molecule has 1 aromatic heterocycles. The largest absolute Gasteiger partial charge is 0.493 e. The number of benzene rings is 1. The Kier molecular flexibility index (Phi) is 11.0. The van der Waals surface area contributed by atoms with Crippen LogP contribution >= 0.6 is 24.0 Å². The number of ether oxygens (including phenoxy) is 2. The summed E-state index contributed by atoms with van der Waals surface area (Å²) < 4.78 is 37.9. The minimum atomic E-state index is -2.91. The predicted molar refractivity (Wildman–Crippen MR) is 131 cm³/mol. The van der Waals surface area contributed by atoms with E-state index in [1.807, 2.05) is 19.2 Å². The fourth-order valence-electron chi connectivity index (χ4n) is 3.61. The van der Waals surface area contributed by atoms with Gasteiger partial charge in [-0.1, -0.05) is 19.8 Å². The fourth-order valence-corrected chi connectivity index (χ4v) is 3.61. The number of aliphatic imine (C=N–C) groups is 1. The molecule has 0 radical (unpaired) electrons. The Morgan fingerprint density at radius 1 is 1.22 bits per heavy atom. The molecular weight excluding hydrogens is 531 g/mol. The van der Waals surface area contributed by atoms with Crippen LogP contribution in [0.25, 0.3) is 0 Å². The molecule has 0 bridgehead atoms. The Morgan fingerprint density at radius 3 is 2.66 bits per heavy atom. The molecule has 1 aliphatic rings. The molecule has 1 saturated carbocycles. The van der Waals surface area contributed by atoms with Crippen molar-refractivity contribution in [3.63, 3.8) is 0 Å². The number of nitrogens with zero attached hydrogens (tertiary/aromatic N) is 3. The van der Waals surface area contributed by atoms with Crippen molar-refractivity contribution < 1.29 is 18.3 Å². The van der Waals surface area contributed by atoms with Crippen LogP contribution in [0.1, 0.15) is 56.3 Å². The molecule has 0 saturated heterocycles. The van der Waals surface area contributed by atoms with Gasteiger partial charge in [-0.3, -0.25) is 9.67 Å². The second kappa shape index (κ2) is 13.4. The molecule has 1 fully saturated rings. The van der Waals surface area contributed by atoms with E-state index >= 15 is 0 Å². The van der Waals surface area contributed by atoms with E-state index in [0.29, 0.717) is 36.5 Å². The highest BCUT2D eigenvalue weighted by molar-refractivity contribution is 14.0. The van der Waals surface area contributed by atoms with Crippen LogP contribution in [-0.2, 0) is 13.1 Å². The van der Waals surface area contributed by atoms with Crippen molar-refractivity contribution in [2.45, 2.75) is 64.8 Å². The number of hydrogen-bond donors (Lipinski definition) is 2. The predicted octanol–water partition coefficient (Wildman–Crippen LogP) is 4.87. The summed E-state index contributed by atoms with van der Waals surface area (Å²) in [5.41, 5.74) is 1.51. The topological polar surface area (TPSA) is 72.7 Å². The van der Waals surface area contributed by atoms with Gasteiger partial charge < -0.3 is 20.1 Å². The molecule has 0 atom stereocenters. The van der Waals surface area contributed by atoms with Crippen LogP contribution in [0.15, 0.2) is 35.5 Å². The molecule has 178 valence electrons. The number of rotatable bonds is 10. The first-order valence-corrected chi connectivity index (χ1v) is 10.8. The van der Waals surface area contributed by atoms with E-state index in [9.17, 15) is 8.78 Å². The lowest BCUT2D eigenvalue weighted by atomic mass is 10.2. The first-order chi connectivity index (χ1) is 15.1. The maximum absolute atomic E-state index is 12.8. The van der Waals surface area contributed by atoms with Gasteiger partial charge in [0.05, 0.1) is 24.9 Å². The van der Waals surface area contributed by atoms with Crippen LogP contribution in [0.3, 0.4) is 0 Å². The van der Waals surface area contributed by atoms with Gasteiger partial charge in [0.25, 0.3) is 0 Å². The van der Waals surface area contributed by atoms with Crippen LogP contribution in [0.2, 0.25) is 0 Å². The molecular formula is C22H32F2IN5O2. The summed E-state index contributed by atoms with van der Waals surface area (Å²) >= 11 is 0. The summed E-state index contributed by atoms with van der Waals surface area (Å²) in [4.78, 5) is 4.20. The van der Waals surface area contributed by atoms with Gasteiger partial charge in [0.2, 0.25) is 0 Å². The quantitative estimate of drug-likeness (QED) is 0.245. The third kappa shape index (κ3) is 7.79. The number of aromatic nitrogens is 2. The zero-order valence-corrected chi connectivity index (χ0v) is 20.9. The maximum atomic E-state index is 12.8. The van der Waals surface area contributed by atoms with Crippen LogP contribution in [0.5, 0.6) is 11.5 Å². The molecule has 0 amide bonds. The average Bonchev–Trinajstić information content (AvgIpc) is 3.45. The Balaban J connectivity index is 0.00000363. The zero-order valence-electron chi connectivity index (χ0n) is 18.5. The molecule has 7 nitrogen and oxygen atoms in total. The van der Waals surface area contributed by atoms with Crippen molar-refractivity contribution in [3.05, 3.63) is 41.7 Å². The normalized spacial score (nSPS) is 14.3. The third-order valence-electron chi connectivity index (χ3n) is 5.20. The summed E-state index contributed by atoms with van der Waals surface area (Å²) in [7, 11) is 1.66. The van der Waals surface area contributed by atoms with E-state index in [1.165, 1.54) is 31.7 Å². The smallest absolute Gasteiger partial charge is 0.387 e. The van der Waals surface area contributed by atoms with Crippen molar-refractivity contribution in [2.75, 3.05) is 13.7 Å². The molecule has 32 heavy (non-hydrogen) atoms. The van der Waals surface area contributed by atoms with Gasteiger partial charge in [-0.15, -0.1) is 24.0 Å². The molecule has 0 unspecified atom stereocenters.